The first-order valence-corrected chi connectivity index (χ1v) is 11.9. The Balaban J connectivity index is 1.87. The number of methoxy groups -OCH3 is 1. The summed E-state index contributed by atoms with van der Waals surface area (Å²) in [4.78, 5) is 23.1. The minimum absolute atomic E-state index is 0.0223. The van der Waals surface area contributed by atoms with Crippen LogP contribution in [0, 0.1) is 0 Å². The van der Waals surface area contributed by atoms with E-state index in [-0.39, 0.29) is 40.2 Å². The Bertz CT molecular complexity index is 1240. The molecule has 1 unspecified atom stereocenters. The summed E-state index contributed by atoms with van der Waals surface area (Å²) in [5.41, 5.74) is 5.12. The van der Waals surface area contributed by atoms with Gasteiger partial charge >= 0.3 is 19.9 Å². The number of halogens is 3. The Morgan fingerprint density at radius 2 is 2.09 bits per heavy atom. The van der Waals surface area contributed by atoms with E-state index in [2.05, 4.69) is 20.3 Å². The van der Waals surface area contributed by atoms with E-state index in [1.807, 2.05) is 0 Å². The molecule has 0 spiro atoms. The first kappa shape index (κ1) is 23.1. The molecule has 12 heteroatoms. The number of rotatable bonds is 5. The molecule has 4 N–H and O–H groups in total. The van der Waals surface area contributed by atoms with Crippen molar-refractivity contribution in [1.82, 2.24) is 15.0 Å². The molecule has 1 aromatic carbocycles. The molecule has 174 valence electrons. The molecule has 3 atom stereocenters. The van der Waals surface area contributed by atoms with E-state index >= 15 is 0 Å². The van der Waals surface area contributed by atoms with E-state index in [9.17, 15) is 22.5 Å². The number of hydrogen-bond acceptors (Lipinski definition) is 7. The molecule has 1 saturated carbocycles. The van der Waals surface area contributed by atoms with Crippen molar-refractivity contribution < 1.29 is 27.3 Å². The van der Waals surface area contributed by atoms with Gasteiger partial charge in [0.25, 0.3) is 0 Å². The van der Waals surface area contributed by atoms with Crippen molar-refractivity contribution in [1.29, 1.82) is 0 Å². The number of esters is 1. The van der Waals surface area contributed by atoms with Crippen LogP contribution in [-0.2, 0) is 15.5 Å². The lowest BCUT2D eigenvalue weighted by atomic mass is 10.0. The number of anilines is 1. The maximum Gasteiger partial charge on any atom is 0.419 e. The summed E-state index contributed by atoms with van der Waals surface area (Å²) in [5, 5.41) is 3.60. The second-order valence-corrected chi connectivity index (χ2v) is 9.39. The summed E-state index contributed by atoms with van der Waals surface area (Å²) in [6, 6.07) is 2.89. The number of alkyl halides is 3. The van der Waals surface area contributed by atoms with Crippen LogP contribution >= 0.6 is 7.80 Å². The summed E-state index contributed by atoms with van der Waals surface area (Å²) in [6.07, 6.45) is -0.317. The lowest BCUT2D eigenvalue weighted by molar-refractivity contribution is -0.137. The Kier molecular flexibility index (Phi) is 6.11. The van der Waals surface area contributed by atoms with E-state index in [0.717, 1.165) is 19.0 Å². The zero-order valence-electron chi connectivity index (χ0n) is 17.9. The van der Waals surface area contributed by atoms with Gasteiger partial charge in [-0.25, -0.2) is 14.8 Å². The van der Waals surface area contributed by atoms with Crippen molar-refractivity contribution in [3.8, 4) is 11.3 Å². The highest BCUT2D eigenvalue weighted by Gasteiger charge is 2.37. The summed E-state index contributed by atoms with van der Waals surface area (Å²) < 4.78 is 58.6. The molecular formula is C21H22F3N5O3P+. The number of aromatic nitrogens is 3. The van der Waals surface area contributed by atoms with E-state index in [1.165, 1.54) is 32.1 Å². The number of carbonyl (C=O) groups is 1. The van der Waals surface area contributed by atoms with Crippen LogP contribution in [0.25, 0.3) is 22.2 Å². The maximum absolute atomic E-state index is 13.8. The first-order valence-electron chi connectivity index (χ1n) is 10.2. The van der Waals surface area contributed by atoms with Crippen LogP contribution in [0.2, 0.25) is 0 Å². The molecule has 2 aromatic heterocycles. The molecule has 33 heavy (non-hydrogen) atoms. The number of fused-ring (bicyclic) bond motifs is 1. The van der Waals surface area contributed by atoms with E-state index in [0.29, 0.717) is 17.3 Å². The quantitative estimate of drug-likeness (QED) is 0.375. The highest BCUT2D eigenvalue weighted by atomic mass is 31.1. The minimum atomic E-state index is -4.70. The van der Waals surface area contributed by atoms with Gasteiger partial charge in [0.1, 0.15) is 23.3 Å². The number of benzene rings is 1. The molecule has 0 saturated heterocycles. The molecule has 8 nitrogen and oxygen atoms in total. The third kappa shape index (κ3) is 4.43. The highest BCUT2D eigenvalue weighted by molar-refractivity contribution is 7.53. The van der Waals surface area contributed by atoms with Gasteiger partial charge in [0.2, 0.25) is 11.3 Å². The van der Waals surface area contributed by atoms with Crippen LogP contribution in [-0.4, -0.2) is 46.8 Å². The van der Waals surface area contributed by atoms with Crippen LogP contribution in [0.15, 0.2) is 24.5 Å². The number of ether oxygens (including phenoxy) is 1. The fraction of sp³-hybridized carbons (Fsp3) is 0.381. The molecule has 0 amide bonds. The minimum Gasteiger partial charge on any atom is -0.465 e. The number of nitrogens with one attached hydrogen (secondary N) is 2. The lowest BCUT2D eigenvalue weighted by Gasteiger charge is -2.16. The molecule has 0 bridgehead atoms. The van der Waals surface area contributed by atoms with Gasteiger partial charge in [-0.05, 0) is 25.3 Å². The van der Waals surface area contributed by atoms with Gasteiger partial charge in [0.05, 0.1) is 12.8 Å². The standard InChI is InChI=1S/C21H21F3N5O3P/c1-32-19(30)13-6-5-12-14(8-26-17(12)18(13)33(2)31)16-15(21(22,23)24)9-27-20(29-16)28-11-4-3-10(25)7-11/h5-6,8-11H,3-4,7,25H2,1-2H3,(H-,26,27,28,29,30,31)/p+1/t10-,11-/m0/s1. The van der Waals surface area contributed by atoms with Gasteiger partial charge in [0.15, 0.2) is 0 Å². The van der Waals surface area contributed by atoms with E-state index in [4.69, 9.17) is 10.5 Å². The molecule has 2 heterocycles. The fourth-order valence-electron chi connectivity index (χ4n) is 4.18. The van der Waals surface area contributed by atoms with Crippen LogP contribution < -0.4 is 16.4 Å². The first-order chi connectivity index (χ1) is 15.6. The van der Waals surface area contributed by atoms with Crippen LogP contribution in [0.3, 0.4) is 0 Å². The van der Waals surface area contributed by atoms with E-state index in [1.54, 1.807) is 0 Å². The zero-order valence-corrected chi connectivity index (χ0v) is 18.8. The Morgan fingerprint density at radius 3 is 2.70 bits per heavy atom. The second kappa shape index (κ2) is 8.72. The van der Waals surface area contributed by atoms with Gasteiger partial charge in [-0.3, -0.25) is 0 Å². The van der Waals surface area contributed by atoms with Crippen LogP contribution in [0.1, 0.15) is 35.2 Å². The summed E-state index contributed by atoms with van der Waals surface area (Å²) in [6.45, 7) is 1.41. The van der Waals surface area contributed by atoms with Crippen molar-refractivity contribution >= 4 is 35.9 Å². The SMILES string of the molecule is COC(=O)c1ccc2c(-c3nc(N[C@H]4CC[C@H](N)C4)ncc3C(F)(F)F)c[nH]c2c1[P+](C)=O. The predicted octanol–water partition coefficient (Wildman–Crippen LogP) is 3.80. The molecule has 0 aliphatic heterocycles. The molecule has 0 radical (unpaired) electrons. The highest BCUT2D eigenvalue weighted by Crippen LogP contribution is 2.39. The topological polar surface area (TPSA) is 123 Å². The number of hydrogen-bond donors (Lipinski definition) is 3. The molecule has 3 aromatic rings. The van der Waals surface area contributed by atoms with Gasteiger partial charge in [-0.2, -0.15) is 13.2 Å². The van der Waals surface area contributed by atoms with Gasteiger partial charge < -0.3 is 20.8 Å². The lowest BCUT2D eigenvalue weighted by Crippen LogP contribution is -2.22. The number of nitrogens with two attached hydrogens (primary N) is 1. The van der Waals surface area contributed by atoms with Gasteiger partial charge in [-0.15, -0.1) is 0 Å². The molecule has 1 aliphatic rings. The average molecular weight is 480 g/mol. The number of aromatic amines is 1. The summed E-state index contributed by atoms with van der Waals surface area (Å²) in [5.74, 6) is -0.619. The Labute approximate surface area is 187 Å². The van der Waals surface area contributed by atoms with Crippen molar-refractivity contribution in [2.24, 2.45) is 5.73 Å². The van der Waals surface area contributed by atoms with Crippen molar-refractivity contribution in [3.05, 3.63) is 35.7 Å². The van der Waals surface area contributed by atoms with Crippen LogP contribution in [0.5, 0.6) is 0 Å². The third-order valence-corrected chi connectivity index (χ3v) is 6.80. The largest absolute Gasteiger partial charge is 0.465 e. The molecular weight excluding hydrogens is 458 g/mol. The smallest absolute Gasteiger partial charge is 0.419 e. The van der Waals surface area contributed by atoms with Crippen molar-refractivity contribution in [2.75, 3.05) is 19.1 Å². The van der Waals surface area contributed by atoms with Crippen molar-refractivity contribution in [2.45, 2.75) is 37.5 Å². The van der Waals surface area contributed by atoms with E-state index < -0.39 is 25.5 Å². The normalized spacial score (nSPS) is 19.0. The maximum atomic E-state index is 13.8. The molecule has 1 aliphatic carbocycles. The Hall–Kier alpha value is -3.04. The summed E-state index contributed by atoms with van der Waals surface area (Å²) in [7, 11) is -0.825. The monoisotopic (exact) mass is 480 g/mol. The number of nitrogens with zero attached hydrogens (tertiary/aromatic N) is 2. The van der Waals surface area contributed by atoms with Crippen LogP contribution in [0.4, 0.5) is 19.1 Å². The second-order valence-electron chi connectivity index (χ2n) is 7.94. The zero-order chi connectivity index (χ0) is 23.9. The molecule has 1 fully saturated rings. The summed E-state index contributed by atoms with van der Waals surface area (Å²) >= 11 is 0. The Morgan fingerprint density at radius 1 is 1.33 bits per heavy atom. The number of H-pyrrole nitrogens is 1. The fourth-order valence-corrected chi connectivity index (χ4v) is 5.18. The van der Waals surface area contributed by atoms with Gasteiger partial charge in [-0.1, -0.05) is 10.6 Å². The average Bonchev–Trinajstić information content (AvgIpc) is 3.37. The van der Waals surface area contributed by atoms with Crippen molar-refractivity contribution in [3.63, 3.8) is 0 Å². The number of carbonyl (C=O) groups excluding carboxylic acids is 1. The molecule has 4 rings (SSSR count). The van der Waals surface area contributed by atoms with Gasteiger partial charge in [0, 0.05) is 35.4 Å². The third-order valence-electron chi connectivity index (χ3n) is 5.70. The predicted molar refractivity (Wildman–Crippen MR) is 118 cm³/mol.